The van der Waals surface area contributed by atoms with Gasteiger partial charge >= 0.3 is 6.09 Å². The molecular formula is C30H35FN6O4. The molecule has 4 aliphatic rings. The molecule has 7 rings (SSSR count). The molecule has 0 bridgehead atoms. The van der Waals surface area contributed by atoms with E-state index in [9.17, 15) is 9.90 Å². The molecule has 1 saturated carbocycles. The van der Waals surface area contributed by atoms with Crippen LogP contribution in [0.1, 0.15) is 37.7 Å². The van der Waals surface area contributed by atoms with Crippen molar-refractivity contribution >= 4 is 34.1 Å². The first-order valence-corrected chi connectivity index (χ1v) is 14.4. The summed E-state index contributed by atoms with van der Waals surface area (Å²) in [5.74, 6) is 0.275. The largest absolute Gasteiger partial charge is 0.474 e. The number of fused-ring (bicyclic) bond motifs is 2. The Hall–Kier alpha value is -3.70. The normalized spacial score (nSPS) is 22.1. The number of benzene rings is 1. The van der Waals surface area contributed by atoms with Gasteiger partial charge in [0, 0.05) is 41.5 Å². The lowest BCUT2D eigenvalue weighted by Crippen LogP contribution is -2.53. The summed E-state index contributed by atoms with van der Waals surface area (Å²) in [7, 11) is 0. The second kappa shape index (κ2) is 9.99. The highest BCUT2D eigenvalue weighted by Gasteiger charge is 2.46. The van der Waals surface area contributed by atoms with Gasteiger partial charge in [-0.1, -0.05) is 0 Å². The Bertz CT molecular complexity index is 1520. The van der Waals surface area contributed by atoms with Crippen molar-refractivity contribution in [2.45, 2.75) is 51.1 Å². The topological polar surface area (TPSA) is 126 Å². The number of carboxylic acid groups (broad SMARTS) is 1. The molecule has 5 heterocycles. The van der Waals surface area contributed by atoms with Crippen molar-refractivity contribution in [3.05, 3.63) is 35.9 Å². The molecule has 3 aromatic rings. The summed E-state index contributed by atoms with van der Waals surface area (Å²) in [6.07, 6.45) is 6.83. The molecule has 1 amide bonds. The molecule has 11 heteroatoms. The van der Waals surface area contributed by atoms with Crippen molar-refractivity contribution < 1.29 is 23.8 Å². The third-order valence-electron chi connectivity index (χ3n) is 9.71. The van der Waals surface area contributed by atoms with E-state index in [0.717, 1.165) is 69.7 Å². The molecule has 1 aliphatic carbocycles. The number of nitrogens with one attached hydrogen (secondary N) is 1. The molecule has 216 valence electrons. The SMILES string of the molecule is Cc1c(-c2cc3cc(N(C(=O)O)C4CCC5(CCN(C6COC6)CC5)C4)ncc3c(N)c2F)cnc2c1NCCO2. The van der Waals surface area contributed by atoms with Crippen LogP contribution in [-0.4, -0.2) is 77.6 Å². The second-order valence-electron chi connectivity index (χ2n) is 11.9. The molecule has 3 fully saturated rings. The fraction of sp³-hybridized carbons (Fsp3) is 0.500. The summed E-state index contributed by atoms with van der Waals surface area (Å²) in [4.78, 5) is 25.4. The maximum Gasteiger partial charge on any atom is 0.413 e. The number of likely N-dealkylation sites (tertiary alicyclic amines) is 1. The Balaban J connectivity index is 1.19. The van der Waals surface area contributed by atoms with Crippen LogP contribution >= 0.6 is 0 Å². The standard InChI is InChI=1S/C30H35FN6O4/c1-17-22(13-35-28-27(17)33-6-9-41-28)21-10-18-11-24(34-14-23(18)26(32)25(21)31)37(29(38)39)19-2-3-30(12-19)4-7-36(8-5-30)20-15-40-16-20/h10-11,13-14,19-20,33H,2-9,12,15-16,32H2,1H3,(H,38,39). The molecule has 1 atom stereocenters. The zero-order chi connectivity index (χ0) is 28.3. The maximum atomic E-state index is 15.6. The fourth-order valence-corrected chi connectivity index (χ4v) is 7.20. The van der Waals surface area contributed by atoms with Gasteiger partial charge in [0.05, 0.1) is 24.9 Å². The van der Waals surface area contributed by atoms with Crippen molar-refractivity contribution in [3.63, 3.8) is 0 Å². The minimum Gasteiger partial charge on any atom is -0.474 e. The number of pyridine rings is 2. The van der Waals surface area contributed by atoms with Gasteiger partial charge in [0.2, 0.25) is 5.88 Å². The summed E-state index contributed by atoms with van der Waals surface area (Å²) < 4.78 is 26.6. The molecule has 3 aliphatic heterocycles. The maximum absolute atomic E-state index is 15.6. The Morgan fingerprint density at radius 1 is 1.20 bits per heavy atom. The van der Waals surface area contributed by atoms with Gasteiger partial charge in [-0.15, -0.1) is 0 Å². The highest BCUT2D eigenvalue weighted by molar-refractivity contribution is 5.99. The first-order chi connectivity index (χ1) is 19.8. The van der Waals surface area contributed by atoms with Crippen molar-refractivity contribution in [2.24, 2.45) is 5.41 Å². The molecule has 4 N–H and O–H groups in total. The summed E-state index contributed by atoms with van der Waals surface area (Å²) in [5.41, 5.74) is 8.85. The van der Waals surface area contributed by atoms with Gasteiger partial charge in [0.15, 0.2) is 5.82 Å². The van der Waals surface area contributed by atoms with Crippen molar-refractivity contribution in [2.75, 3.05) is 55.4 Å². The fourth-order valence-electron chi connectivity index (χ4n) is 7.20. The lowest BCUT2D eigenvalue weighted by Gasteiger charge is -2.45. The number of anilines is 3. The third-order valence-corrected chi connectivity index (χ3v) is 9.71. The predicted octanol–water partition coefficient (Wildman–Crippen LogP) is 4.65. The summed E-state index contributed by atoms with van der Waals surface area (Å²) in [6.45, 7) is 6.75. The van der Waals surface area contributed by atoms with Crippen LogP contribution in [0.4, 0.5) is 26.4 Å². The van der Waals surface area contributed by atoms with Gasteiger partial charge in [-0.3, -0.25) is 9.80 Å². The van der Waals surface area contributed by atoms with Gasteiger partial charge in [0.1, 0.15) is 18.1 Å². The predicted molar refractivity (Wildman–Crippen MR) is 154 cm³/mol. The Morgan fingerprint density at radius 3 is 2.73 bits per heavy atom. The van der Waals surface area contributed by atoms with E-state index < -0.39 is 11.9 Å². The van der Waals surface area contributed by atoms with Gasteiger partial charge in [-0.25, -0.2) is 19.2 Å². The second-order valence-corrected chi connectivity index (χ2v) is 11.9. The Morgan fingerprint density at radius 2 is 2.00 bits per heavy atom. The van der Waals surface area contributed by atoms with E-state index >= 15 is 4.39 Å². The smallest absolute Gasteiger partial charge is 0.413 e. The van der Waals surface area contributed by atoms with E-state index in [0.29, 0.717) is 52.8 Å². The lowest BCUT2D eigenvalue weighted by molar-refractivity contribution is -0.0810. The number of nitrogens with two attached hydrogens (primary N) is 1. The Kier molecular flexibility index (Phi) is 6.39. The van der Waals surface area contributed by atoms with Crippen molar-refractivity contribution in [1.29, 1.82) is 0 Å². The molecule has 10 nitrogen and oxygen atoms in total. The minimum atomic E-state index is -1.03. The molecule has 1 unspecified atom stereocenters. The number of piperidine rings is 1. The van der Waals surface area contributed by atoms with Gasteiger partial charge in [-0.05, 0) is 80.6 Å². The van der Waals surface area contributed by atoms with E-state index in [1.165, 1.54) is 11.1 Å². The number of halogens is 1. The van der Waals surface area contributed by atoms with E-state index in [4.69, 9.17) is 15.2 Å². The molecule has 2 saturated heterocycles. The van der Waals surface area contributed by atoms with Crippen LogP contribution in [0.5, 0.6) is 5.88 Å². The number of aromatic nitrogens is 2. The number of ether oxygens (including phenoxy) is 2. The monoisotopic (exact) mass is 562 g/mol. The molecular weight excluding hydrogens is 527 g/mol. The van der Waals surface area contributed by atoms with E-state index in [1.54, 1.807) is 18.3 Å². The van der Waals surface area contributed by atoms with Gasteiger partial charge < -0.3 is 25.6 Å². The number of hydrogen-bond donors (Lipinski definition) is 3. The number of amides is 1. The zero-order valence-corrected chi connectivity index (χ0v) is 23.2. The zero-order valence-electron chi connectivity index (χ0n) is 23.2. The number of nitrogen functional groups attached to an aromatic ring is 1. The first kappa shape index (κ1) is 26.2. The van der Waals surface area contributed by atoms with Crippen LogP contribution in [0, 0.1) is 18.2 Å². The highest BCUT2D eigenvalue weighted by Crippen LogP contribution is 2.49. The van der Waals surface area contributed by atoms with E-state index in [1.807, 2.05) is 6.92 Å². The number of hydrogen-bond acceptors (Lipinski definition) is 8. The first-order valence-electron chi connectivity index (χ1n) is 14.4. The average molecular weight is 563 g/mol. The molecule has 2 aromatic heterocycles. The van der Waals surface area contributed by atoms with Crippen molar-refractivity contribution in [1.82, 2.24) is 14.9 Å². The quantitative estimate of drug-likeness (QED) is 0.390. The van der Waals surface area contributed by atoms with Crippen LogP contribution in [0.25, 0.3) is 21.9 Å². The molecule has 1 aromatic carbocycles. The number of carbonyl (C=O) groups is 1. The summed E-state index contributed by atoms with van der Waals surface area (Å²) in [5, 5.41) is 14.7. The number of nitrogens with zero attached hydrogens (tertiary/aromatic N) is 4. The van der Waals surface area contributed by atoms with Crippen LogP contribution < -0.4 is 20.7 Å². The lowest BCUT2D eigenvalue weighted by atomic mass is 9.76. The van der Waals surface area contributed by atoms with E-state index in [-0.39, 0.29) is 17.1 Å². The van der Waals surface area contributed by atoms with Gasteiger partial charge in [-0.2, -0.15) is 0 Å². The average Bonchev–Trinajstić information content (AvgIpc) is 3.34. The van der Waals surface area contributed by atoms with Gasteiger partial charge in [0.25, 0.3) is 0 Å². The summed E-state index contributed by atoms with van der Waals surface area (Å²) in [6, 6.07) is 3.80. The van der Waals surface area contributed by atoms with Crippen LogP contribution in [-0.2, 0) is 4.74 Å². The van der Waals surface area contributed by atoms with Crippen LogP contribution in [0.15, 0.2) is 24.5 Å². The Labute approximate surface area is 237 Å². The third kappa shape index (κ3) is 4.42. The molecule has 0 radical (unpaired) electrons. The number of rotatable bonds is 4. The molecule has 1 spiro atoms. The van der Waals surface area contributed by atoms with Crippen LogP contribution in [0.3, 0.4) is 0 Å². The minimum absolute atomic E-state index is 0.0248. The van der Waals surface area contributed by atoms with Crippen molar-refractivity contribution in [3.8, 4) is 17.0 Å². The highest BCUT2D eigenvalue weighted by atomic mass is 19.1. The van der Waals surface area contributed by atoms with E-state index in [2.05, 4.69) is 20.2 Å². The van der Waals surface area contributed by atoms with Crippen LogP contribution in [0.2, 0.25) is 0 Å². The summed E-state index contributed by atoms with van der Waals surface area (Å²) >= 11 is 0. The molecule has 41 heavy (non-hydrogen) atoms.